The molecule has 0 N–H and O–H groups in total. The maximum atomic E-state index is 12.8. The van der Waals surface area contributed by atoms with Crippen LogP contribution in [-0.4, -0.2) is 29.5 Å². The first-order valence-corrected chi connectivity index (χ1v) is 8.63. The highest BCUT2D eigenvalue weighted by molar-refractivity contribution is 6.04. The maximum Gasteiger partial charge on any atom is 0.278 e. The monoisotopic (exact) mass is 346 g/mol. The molecule has 5 heteroatoms. The van der Waals surface area contributed by atoms with Gasteiger partial charge in [-0.25, -0.2) is 9.97 Å². The summed E-state index contributed by atoms with van der Waals surface area (Å²) < 4.78 is 0. The van der Waals surface area contributed by atoms with Crippen LogP contribution in [0.5, 0.6) is 0 Å². The van der Waals surface area contributed by atoms with E-state index in [2.05, 4.69) is 22.1 Å². The summed E-state index contributed by atoms with van der Waals surface area (Å²) in [6.45, 7) is 3.24. The molecule has 0 aliphatic carbocycles. The zero-order valence-corrected chi connectivity index (χ0v) is 15.0. The van der Waals surface area contributed by atoms with Crippen LogP contribution in [0.2, 0.25) is 0 Å². The largest absolute Gasteiger partial charge is 0.354 e. The van der Waals surface area contributed by atoms with Crippen molar-refractivity contribution in [1.82, 2.24) is 9.97 Å². The van der Waals surface area contributed by atoms with Crippen molar-refractivity contribution in [3.63, 3.8) is 0 Å². The van der Waals surface area contributed by atoms with Crippen molar-refractivity contribution in [2.75, 3.05) is 23.4 Å². The molecule has 3 aromatic rings. The van der Waals surface area contributed by atoms with Gasteiger partial charge in [-0.05, 0) is 24.6 Å². The van der Waals surface area contributed by atoms with E-state index in [1.807, 2.05) is 67.4 Å². The number of para-hydroxylation sites is 1. The summed E-state index contributed by atoms with van der Waals surface area (Å²) in [5.41, 5.74) is 2.39. The van der Waals surface area contributed by atoms with Crippen molar-refractivity contribution in [3.8, 4) is 0 Å². The minimum absolute atomic E-state index is 0.150. The summed E-state index contributed by atoms with van der Waals surface area (Å²) >= 11 is 0. The van der Waals surface area contributed by atoms with Gasteiger partial charge in [-0.15, -0.1) is 0 Å². The molecule has 5 nitrogen and oxygen atoms in total. The van der Waals surface area contributed by atoms with Crippen LogP contribution < -0.4 is 9.80 Å². The van der Waals surface area contributed by atoms with Gasteiger partial charge in [0, 0.05) is 25.8 Å². The van der Waals surface area contributed by atoms with Crippen LogP contribution >= 0.6 is 0 Å². The van der Waals surface area contributed by atoms with Crippen molar-refractivity contribution < 1.29 is 4.79 Å². The summed E-state index contributed by atoms with van der Waals surface area (Å²) in [6, 6.07) is 19.8. The smallest absolute Gasteiger partial charge is 0.278 e. The molecular weight excluding hydrogens is 324 g/mol. The van der Waals surface area contributed by atoms with Gasteiger partial charge in [-0.2, -0.15) is 0 Å². The summed E-state index contributed by atoms with van der Waals surface area (Å²) in [4.78, 5) is 25.2. The second kappa shape index (κ2) is 8.25. The zero-order chi connectivity index (χ0) is 18.4. The third-order valence-corrected chi connectivity index (χ3v) is 4.14. The SMILES string of the molecule is CCN(C(=O)c1cnc(N(C)Cc2ccccc2)cn1)c1ccccc1. The number of carbonyl (C=O) groups is 1. The van der Waals surface area contributed by atoms with E-state index in [-0.39, 0.29) is 5.91 Å². The van der Waals surface area contributed by atoms with Crippen molar-refractivity contribution in [2.24, 2.45) is 0 Å². The van der Waals surface area contributed by atoms with Crippen LogP contribution in [0.3, 0.4) is 0 Å². The Labute approximate surface area is 153 Å². The number of aromatic nitrogens is 2. The van der Waals surface area contributed by atoms with E-state index < -0.39 is 0 Å². The fourth-order valence-electron chi connectivity index (χ4n) is 2.76. The zero-order valence-electron chi connectivity index (χ0n) is 15.0. The number of amides is 1. The summed E-state index contributed by atoms with van der Waals surface area (Å²) in [5, 5.41) is 0. The first kappa shape index (κ1) is 17.6. The summed E-state index contributed by atoms with van der Waals surface area (Å²) in [6.07, 6.45) is 3.19. The minimum atomic E-state index is -0.150. The van der Waals surface area contributed by atoms with Gasteiger partial charge in [0.1, 0.15) is 11.5 Å². The first-order chi connectivity index (χ1) is 12.7. The van der Waals surface area contributed by atoms with Crippen LogP contribution in [0.25, 0.3) is 0 Å². The van der Waals surface area contributed by atoms with Gasteiger partial charge >= 0.3 is 0 Å². The molecular formula is C21H22N4O. The minimum Gasteiger partial charge on any atom is -0.354 e. The van der Waals surface area contributed by atoms with Crippen LogP contribution in [0.4, 0.5) is 11.5 Å². The van der Waals surface area contributed by atoms with Crippen LogP contribution in [0, 0.1) is 0 Å². The second-order valence-corrected chi connectivity index (χ2v) is 5.99. The van der Waals surface area contributed by atoms with Crippen LogP contribution in [0.15, 0.2) is 73.1 Å². The van der Waals surface area contributed by atoms with Crippen LogP contribution in [0.1, 0.15) is 23.0 Å². The van der Waals surface area contributed by atoms with Gasteiger partial charge in [-0.3, -0.25) is 4.79 Å². The molecule has 0 spiro atoms. The van der Waals surface area contributed by atoms with Crippen LogP contribution in [-0.2, 0) is 6.54 Å². The quantitative estimate of drug-likeness (QED) is 0.681. The van der Waals surface area contributed by atoms with Crippen molar-refractivity contribution in [2.45, 2.75) is 13.5 Å². The highest BCUT2D eigenvalue weighted by Crippen LogP contribution is 2.17. The Bertz CT molecular complexity index is 835. The number of hydrogen-bond acceptors (Lipinski definition) is 4. The van der Waals surface area contributed by atoms with Gasteiger partial charge in [0.15, 0.2) is 0 Å². The average molecular weight is 346 g/mol. The predicted octanol–water partition coefficient (Wildman–Crippen LogP) is 3.78. The molecule has 0 unspecified atom stereocenters. The molecule has 1 amide bonds. The number of anilines is 2. The molecule has 0 bridgehead atoms. The van der Waals surface area contributed by atoms with Gasteiger partial charge in [-0.1, -0.05) is 48.5 Å². The van der Waals surface area contributed by atoms with E-state index in [0.717, 1.165) is 18.1 Å². The molecule has 1 aromatic heterocycles. The van der Waals surface area contributed by atoms with E-state index >= 15 is 0 Å². The Morgan fingerprint density at radius 3 is 2.15 bits per heavy atom. The molecule has 0 aliphatic heterocycles. The Morgan fingerprint density at radius 2 is 1.58 bits per heavy atom. The molecule has 3 rings (SSSR count). The number of nitrogens with zero attached hydrogens (tertiary/aromatic N) is 4. The molecule has 0 atom stereocenters. The lowest BCUT2D eigenvalue weighted by molar-refractivity contribution is 0.0983. The molecule has 26 heavy (non-hydrogen) atoms. The Hall–Kier alpha value is -3.21. The predicted molar refractivity (Wildman–Crippen MR) is 104 cm³/mol. The molecule has 2 aromatic carbocycles. The van der Waals surface area contributed by atoms with E-state index in [9.17, 15) is 4.79 Å². The van der Waals surface area contributed by atoms with Crippen molar-refractivity contribution >= 4 is 17.4 Å². The fraction of sp³-hybridized carbons (Fsp3) is 0.190. The fourth-order valence-corrected chi connectivity index (χ4v) is 2.76. The molecule has 132 valence electrons. The normalized spacial score (nSPS) is 10.4. The van der Waals surface area contributed by atoms with Crippen molar-refractivity contribution in [3.05, 3.63) is 84.3 Å². The highest BCUT2D eigenvalue weighted by atomic mass is 16.2. The van der Waals surface area contributed by atoms with E-state index in [1.165, 1.54) is 5.56 Å². The summed E-state index contributed by atoms with van der Waals surface area (Å²) in [5.74, 6) is 0.580. The van der Waals surface area contributed by atoms with Gasteiger partial charge in [0.05, 0.1) is 12.4 Å². The number of hydrogen-bond donors (Lipinski definition) is 0. The standard InChI is InChI=1S/C21H22N4O/c1-3-25(18-12-8-5-9-13-18)21(26)19-14-23-20(15-22-19)24(2)16-17-10-6-4-7-11-17/h4-15H,3,16H2,1-2H3. The lowest BCUT2D eigenvalue weighted by atomic mass is 10.2. The molecule has 0 radical (unpaired) electrons. The first-order valence-electron chi connectivity index (χ1n) is 8.63. The Kier molecular flexibility index (Phi) is 5.59. The molecule has 0 saturated carbocycles. The third-order valence-electron chi connectivity index (χ3n) is 4.14. The van der Waals surface area contributed by atoms with Gasteiger partial charge < -0.3 is 9.80 Å². The number of carbonyl (C=O) groups excluding carboxylic acids is 1. The molecule has 0 saturated heterocycles. The van der Waals surface area contributed by atoms with Gasteiger partial charge in [0.2, 0.25) is 0 Å². The third kappa shape index (κ3) is 4.06. The molecule has 1 heterocycles. The lowest BCUT2D eigenvalue weighted by Crippen LogP contribution is -2.31. The molecule has 0 fully saturated rings. The van der Waals surface area contributed by atoms with Crippen molar-refractivity contribution in [1.29, 1.82) is 0 Å². The highest BCUT2D eigenvalue weighted by Gasteiger charge is 2.18. The Balaban J connectivity index is 1.73. The molecule has 0 aliphatic rings. The second-order valence-electron chi connectivity index (χ2n) is 5.99. The Morgan fingerprint density at radius 1 is 0.923 bits per heavy atom. The number of benzene rings is 2. The number of rotatable bonds is 6. The topological polar surface area (TPSA) is 49.3 Å². The van der Waals surface area contributed by atoms with E-state index in [1.54, 1.807) is 17.3 Å². The van der Waals surface area contributed by atoms with Gasteiger partial charge in [0.25, 0.3) is 5.91 Å². The van der Waals surface area contributed by atoms with E-state index in [4.69, 9.17) is 0 Å². The summed E-state index contributed by atoms with van der Waals surface area (Å²) in [7, 11) is 1.96. The average Bonchev–Trinajstić information content (AvgIpc) is 2.70. The van der Waals surface area contributed by atoms with E-state index in [0.29, 0.717) is 12.2 Å². The maximum absolute atomic E-state index is 12.8. The lowest BCUT2D eigenvalue weighted by Gasteiger charge is -2.21.